The van der Waals surface area contributed by atoms with Crippen LogP contribution in [0, 0.1) is 13.8 Å². The molecule has 1 rings (SSSR count). The van der Waals surface area contributed by atoms with Gasteiger partial charge in [-0.1, -0.05) is 12.1 Å². The van der Waals surface area contributed by atoms with E-state index in [-0.39, 0.29) is 0 Å². The second kappa shape index (κ2) is 5.01. The Labute approximate surface area is 86.3 Å². The van der Waals surface area contributed by atoms with E-state index in [1.54, 1.807) is 0 Å². The number of benzene rings is 1. The minimum atomic E-state index is 0.384. The zero-order valence-corrected chi connectivity index (χ0v) is 9.42. The van der Waals surface area contributed by atoms with Crippen molar-refractivity contribution < 1.29 is 4.74 Å². The van der Waals surface area contributed by atoms with Crippen molar-refractivity contribution in [2.24, 2.45) is 0 Å². The van der Waals surface area contributed by atoms with E-state index in [2.05, 4.69) is 32.2 Å². The van der Waals surface area contributed by atoms with Crippen molar-refractivity contribution in [1.29, 1.82) is 0 Å². The SMILES string of the molecule is CNC(C)COc1cccc(C)c1C. The summed E-state index contributed by atoms with van der Waals surface area (Å²) in [6.45, 7) is 7.00. The quantitative estimate of drug-likeness (QED) is 0.792. The lowest BCUT2D eigenvalue weighted by Crippen LogP contribution is -2.28. The van der Waals surface area contributed by atoms with Gasteiger partial charge in [0.25, 0.3) is 0 Å². The normalized spacial score (nSPS) is 12.6. The van der Waals surface area contributed by atoms with Crippen molar-refractivity contribution in [3.05, 3.63) is 29.3 Å². The average Bonchev–Trinajstić information content (AvgIpc) is 2.20. The molecule has 0 spiro atoms. The number of rotatable bonds is 4. The maximum atomic E-state index is 5.71. The molecule has 0 amide bonds. The first kappa shape index (κ1) is 11.1. The van der Waals surface area contributed by atoms with Crippen LogP contribution in [-0.4, -0.2) is 19.7 Å². The van der Waals surface area contributed by atoms with E-state index >= 15 is 0 Å². The van der Waals surface area contributed by atoms with Crippen LogP contribution in [0.4, 0.5) is 0 Å². The Bertz CT molecular complexity index is 296. The second-order valence-electron chi connectivity index (χ2n) is 3.70. The van der Waals surface area contributed by atoms with E-state index in [9.17, 15) is 0 Å². The topological polar surface area (TPSA) is 21.3 Å². The van der Waals surface area contributed by atoms with Crippen LogP contribution < -0.4 is 10.1 Å². The molecule has 0 saturated carbocycles. The zero-order valence-electron chi connectivity index (χ0n) is 9.42. The van der Waals surface area contributed by atoms with Gasteiger partial charge in [-0.2, -0.15) is 0 Å². The van der Waals surface area contributed by atoms with Crippen LogP contribution in [0.3, 0.4) is 0 Å². The Morgan fingerprint density at radius 3 is 2.71 bits per heavy atom. The molecule has 14 heavy (non-hydrogen) atoms. The number of nitrogens with one attached hydrogen (secondary N) is 1. The van der Waals surface area contributed by atoms with Gasteiger partial charge in [0.05, 0.1) is 0 Å². The van der Waals surface area contributed by atoms with E-state index in [0.29, 0.717) is 12.6 Å². The highest BCUT2D eigenvalue weighted by Gasteiger charge is 2.03. The molecule has 2 heteroatoms. The molecule has 0 fully saturated rings. The van der Waals surface area contributed by atoms with Crippen LogP contribution in [0.25, 0.3) is 0 Å². The van der Waals surface area contributed by atoms with Crippen molar-refractivity contribution in [3.63, 3.8) is 0 Å². The molecule has 1 unspecified atom stereocenters. The maximum Gasteiger partial charge on any atom is 0.122 e. The number of likely N-dealkylation sites (N-methyl/N-ethyl adjacent to an activating group) is 1. The van der Waals surface area contributed by atoms with Crippen LogP contribution in [0.2, 0.25) is 0 Å². The van der Waals surface area contributed by atoms with Gasteiger partial charge in [-0.05, 0) is 45.0 Å². The van der Waals surface area contributed by atoms with Crippen LogP contribution in [0.5, 0.6) is 5.75 Å². The van der Waals surface area contributed by atoms with Gasteiger partial charge >= 0.3 is 0 Å². The maximum absolute atomic E-state index is 5.71. The summed E-state index contributed by atoms with van der Waals surface area (Å²) in [5.74, 6) is 0.993. The minimum Gasteiger partial charge on any atom is -0.492 e. The van der Waals surface area contributed by atoms with Crippen LogP contribution in [0.1, 0.15) is 18.1 Å². The molecule has 0 bridgehead atoms. The molecule has 1 aromatic carbocycles. The second-order valence-corrected chi connectivity index (χ2v) is 3.70. The van der Waals surface area contributed by atoms with E-state index in [1.807, 2.05) is 19.2 Å². The summed E-state index contributed by atoms with van der Waals surface area (Å²) in [5.41, 5.74) is 2.51. The van der Waals surface area contributed by atoms with Crippen LogP contribution >= 0.6 is 0 Å². The molecule has 0 radical (unpaired) electrons. The van der Waals surface area contributed by atoms with Crippen molar-refractivity contribution in [2.75, 3.05) is 13.7 Å². The first-order chi connectivity index (χ1) is 6.65. The zero-order chi connectivity index (χ0) is 10.6. The molecule has 2 nitrogen and oxygen atoms in total. The lowest BCUT2D eigenvalue weighted by atomic mass is 10.1. The summed E-state index contributed by atoms with van der Waals surface area (Å²) in [6, 6.07) is 6.53. The Morgan fingerprint density at radius 2 is 2.07 bits per heavy atom. The highest BCUT2D eigenvalue weighted by atomic mass is 16.5. The summed E-state index contributed by atoms with van der Waals surface area (Å²) in [6.07, 6.45) is 0. The van der Waals surface area contributed by atoms with Crippen LogP contribution in [0.15, 0.2) is 18.2 Å². The fourth-order valence-electron chi connectivity index (χ4n) is 1.18. The van der Waals surface area contributed by atoms with Gasteiger partial charge in [0.2, 0.25) is 0 Å². The van der Waals surface area contributed by atoms with E-state index in [0.717, 1.165) is 5.75 Å². The van der Waals surface area contributed by atoms with E-state index in [4.69, 9.17) is 4.74 Å². The predicted molar refractivity (Wildman–Crippen MR) is 59.9 cm³/mol. The smallest absolute Gasteiger partial charge is 0.122 e. The highest BCUT2D eigenvalue weighted by Crippen LogP contribution is 2.20. The van der Waals surface area contributed by atoms with E-state index < -0.39 is 0 Å². The third kappa shape index (κ3) is 2.74. The summed E-state index contributed by atoms with van der Waals surface area (Å²) in [4.78, 5) is 0. The van der Waals surface area contributed by atoms with Gasteiger partial charge in [0, 0.05) is 6.04 Å². The number of hydrogen-bond acceptors (Lipinski definition) is 2. The molecule has 1 aromatic rings. The summed E-state index contributed by atoms with van der Waals surface area (Å²) in [7, 11) is 1.94. The molecular formula is C12H19NO. The summed E-state index contributed by atoms with van der Waals surface area (Å²) < 4.78 is 5.71. The number of ether oxygens (including phenoxy) is 1. The highest BCUT2D eigenvalue weighted by molar-refractivity contribution is 5.38. The molecule has 0 saturated heterocycles. The lowest BCUT2D eigenvalue weighted by Gasteiger charge is -2.14. The Morgan fingerprint density at radius 1 is 1.36 bits per heavy atom. The monoisotopic (exact) mass is 193 g/mol. The predicted octanol–water partition coefficient (Wildman–Crippen LogP) is 2.29. The number of hydrogen-bond donors (Lipinski definition) is 1. The third-order valence-corrected chi connectivity index (χ3v) is 2.54. The average molecular weight is 193 g/mol. The fourth-order valence-corrected chi connectivity index (χ4v) is 1.18. The van der Waals surface area contributed by atoms with E-state index in [1.165, 1.54) is 11.1 Å². The molecule has 1 N–H and O–H groups in total. The van der Waals surface area contributed by atoms with Crippen molar-refractivity contribution in [2.45, 2.75) is 26.8 Å². The number of aryl methyl sites for hydroxylation is 1. The molecule has 1 atom stereocenters. The van der Waals surface area contributed by atoms with Crippen molar-refractivity contribution >= 4 is 0 Å². The Balaban J connectivity index is 2.63. The minimum absolute atomic E-state index is 0.384. The van der Waals surface area contributed by atoms with Gasteiger partial charge in [-0.3, -0.25) is 0 Å². The van der Waals surface area contributed by atoms with Crippen molar-refractivity contribution in [1.82, 2.24) is 5.32 Å². The van der Waals surface area contributed by atoms with Gasteiger partial charge in [0.1, 0.15) is 12.4 Å². The summed E-state index contributed by atoms with van der Waals surface area (Å²) >= 11 is 0. The van der Waals surface area contributed by atoms with Gasteiger partial charge in [0.15, 0.2) is 0 Å². The van der Waals surface area contributed by atoms with Gasteiger partial charge < -0.3 is 10.1 Å². The third-order valence-electron chi connectivity index (χ3n) is 2.54. The van der Waals surface area contributed by atoms with Crippen LogP contribution in [-0.2, 0) is 0 Å². The summed E-state index contributed by atoms with van der Waals surface area (Å²) in [5, 5.41) is 3.14. The Hall–Kier alpha value is -1.02. The largest absolute Gasteiger partial charge is 0.492 e. The Kier molecular flexibility index (Phi) is 3.96. The fraction of sp³-hybridized carbons (Fsp3) is 0.500. The van der Waals surface area contributed by atoms with Gasteiger partial charge in [-0.25, -0.2) is 0 Å². The molecule has 0 aromatic heterocycles. The lowest BCUT2D eigenvalue weighted by molar-refractivity contribution is 0.278. The molecule has 78 valence electrons. The first-order valence-corrected chi connectivity index (χ1v) is 5.01. The molecule has 0 aliphatic heterocycles. The molecule has 0 aliphatic rings. The van der Waals surface area contributed by atoms with Crippen molar-refractivity contribution in [3.8, 4) is 5.75 Å². The molecular weight excluding hydrogens is 174 g/mol. The first-order valence-electron chi connectivity index (χ1n) is 5.01. The molecule has 0 aliphatic carbocycles. The van der Waals surface area contributed by atoms with Gasteiger partial charge in [-0.15, -0.1) is 0 Å². The standard InChI is InChI=1S/C12H19NO/c1-9-6-5-7-12(11(9)3)14-8-10(2)13-4/h5-7,10,13H,8H2,1-4H3. The molecule has 0 heterocycles.